The number of piperazine rings is 1. The van der Waals surface area contributed by atoms with Crippen LogP contribution in [0.2, 0.25) is 0 Å². The molecule has 2 atom stereocenters. The first-order chi connectivity index (χ1) is 15.9. The number of fused-ring (bicyclic) bond motifs is 3. The molecule has 5 rings (SSSR count). The molecule has 0 aliphatic carbocycles. The van der Waals surface area contributed by atoms with E-state index in [2.05, 4.69) is 19.9 Å². The van der Waals surface area contributed by atoms with Crippen molar-refractivity contribution >= 4 is 33.5 Å². The number of aromatic amines is 1. The fourth-order valence-corrected chi connectivity index (χ4v) is 5.37. The number of carbonyl (C=O) groups excluding carboxylic acids is 1. The Bertz CT molecular complexity index is 1150. The van der Waals surface area contributed by atoms with Crippen LogP contribution in [0.4, 0.5) is 18.9 Å². The number of pyridine rings is 2. The Hall–Kier alpha value is -2.88. The summed E-state index contributed by atoms with van der Waals surface area (Å²) in [6, 6.07) is 3.92. The lowest BCUT2D eigenvalue weighted by Crippen LogP contribution is -2.63. The van der Waals surface area contributed by atoms with E-state index < -0.39 is 18.3 Å². The molecule has 176 valence electrons. The summed E-state index contributed by atoms with van der Waals surface area (Å²) in [6.45, 7) is 4.15. The zero-order valence-corrected chi connectivity index (χ0v) is 18.5. The third-order valence-electron chi connectivity index (χ3n) is 6.93. The smallest absolute Gasteiger partial charge is 0.368 e. The van der Waals surface area contributed by atoms with Gasteiger partial charge in [0.05, 0.1) is 23.8 Å². The molecule has 0 bridgehead atoms. The molecule has 10 heteroatoms. The molecule has 3 aromatic heterocycles. The predicted octanol–water partition coefficient (Wildman–Crippen LogP) is 3.77. The van der Waals surface area contributed by atoms with E-state index in [1.165, 1.54) is 4.90 Å². The number of aromatic nitrogens is 3. The molecule has 0 spiro atoms. The molecule has 0 aromatic carbocycles. The van der Waals surface area contributed by atoms with E-state index in [0.717, 1.165) is 27.6 Å². The van der Waals surface area contributed by atoms with Crippen LogP contribution in [-0.4, -0.2) is 75.7 Å². The van der Waals surface area contributed by atoms with E-state index >= 15 is 0 Å². The Morgan fingerprint density at radius 3 is 2.67 bits per heavy atom. The van der Waals surface area contributed by atoms with Gasteiger partial charge < -0.3 is 14.8 Å². The molecule has 0 radical (unpaired) electrons. The number of carbonyl (C=O) groups is 1. The standard InChI is InChI=1S/C23H27F3N6O/c1-2-19(33)32-9-3-4-16(23(24,25)26)22(32)31-12-10-30(11-13-31)18-6-8-27-17-14-29-21-15(20(17)18)5-7-28-21/h5-8,14,16,22H,2-4,9-13H2,1H3,(H,28,29). The van der Waals surface area contributed by atoms with Crippen molar-refractivity contribution in [1.29, 1.82) is 0 Å². The quantitative estimate of drug-likeness (QED) is 0.645. The number of hydrogen-bond donors (Lipinski definition) is 1. The minimum absolute atomic E-state index is 0.0648. The van der Waals surface area contributed by atoms with Gasteiger partial charge in [0.15, 0.2) is 0 Å². The number of halogens is 3. The summed E-state index contributed by atoms with van der Waals surface area (Å²) in [7, 11) is 0. The minimum Gasteiger partial charge on any atom is -0.368 e. The number of alkyl halides is 3. The molecular weight excluding hydrogens is 433 g/mol. The highest BCUT2D eigenvalue weighted by atomic mass is 19.4. The number of amides is 1. The number of rotatable bonds is 3. The maximum Gasteiger partial charge on any atom is 0.395 e. The Morgan fingerprint density at radius 2 is 1.94 bits per heavy atom. The number of piperidine rings is 1. The monoisotopic (exact) mass is 460 g/mol. The van der Waals surface area contributed by atoms with E-state index in [1.54, 1.807) is 19.3 Å². The van der Waals surface area contributed by atoms with Crippen LogP contribution in [0, 0.1) is 5.92 Å². The van der Waals surface area contributed by atoms with Crippen molar-refractivity contribution in [3.63, 3.8) is 0 Å². The van der Waals surface area contributed by atoms with Gasteiger partial charge in [-0.1, -0.05) is 6.92 Å². The molecule has 7 nitrogen and oxygen atoms in total. The van der Waals surface area contributed by atoms with Crippen molar-refractivity contribution in [1.82, 2.24) is 24.8 Å². The summed E-state index contributed by atoms with van der Waals surface area (Å²) in [6.07, 6.45) is 0.720. The Labute approximate surface area is 189 Å². The number of anilines is 1. The summed E-state index contributed by atoms with van der Waals surface area (Å²) in [5.41, 5.74) is 2.56. The molecule has 5 heterocycles. The first-order valence-corrected chi connectivity index (χ1v) is 11.4. The first kappa shape index (κ1) is 21.9. The second kappa shape index (κ2) is 8.48. The number of H-pyrrole nitrogens is 1. The summed E-state index contributed by atoms with van der Waals surface area (Å²) >= 11 is 0. The van der Waals surface area contributed by atoms with Gasteiger partial charge in [-0.2, -0.15) is 13.2 Å². The van der Waals surface area contributed by atoms with Gasteiger partial charge >= 0.3 is 6.18 Å². The van der Waals surface area contributed by atoms with Crippen LogP contribution in [0.25, 0.3) is 21.9 Å². The van der Waals surface area contributed by atoms with Crippen LogP contribution >= 0.6 is 0 Å². The molecular formula is C23H27F3N6O. The van der Waals surface area contributed by atoms with Crippen LogP contribution in [0.3, 0.4) is 0 Å². The second-order valence-electron chi connectivity index (χ2n) is 8.76. The van der Waals surface area contributed by atoms with Crippen molar-refractivity contribution in [3.05, 3.63) is 30.7 Å². The van der Waals surface area contributed by atoms with E-state index in [0.29, 0.717) is 39.1 Å². The lowest BCUT2D eigenvalue weighted by Gasteiger charge is -2.50. The molecule has 0 saturated carbocycles. The average molecular weight is 461 g/mol. The molecule has 2 unspecified atom stereocenters. The van der Waals surface area contributed by atoms with Gasteiger partial charge in [-0.25, -0.2) is 4.98 Å². The van der Waals surface area contributed by atoms with Gasteiger partial charge in [-0.05, 0) is 25.0 Å². The van der Waals surface area contributed by atoms with Gasteiger partial charge in [0.25, 0.3) is 0 Å². The molecule has 2 aliphatic rings. The average Bonchev–Trinajstić information content (AvgIpc) is 3.31. The third kappa shape index (κ3) is 3.90. The molecule has 3 aromatic rings. The third-order valence-corrected chi connectivity index (χ3v) is 6.93. The molecule has 33 heavy (non-hydrogen) atoms. The summed E-state index contributed by atoms with van der Waals surface area (Å²) in [5.74, 6) is -1.72. The Balaban J connectivity index is 1.42. The van der Waals surface area contributed by atoms with Crippen LogP contribution in [0.15, 0.2) is 30.7 Å². The molecule has 1 amide bonds. The van der Waals surface area contributed by atoms with E-state index in [-0.39, 0.29) is 18.7 Å². The van der Waals surface area contributed by atoms with Crippen molar-refractivity contribution < 1.29 is 18.0 Å². The SMILES string of the molecule is CCC(=O)N1CCCC(C(F)(F)F)C1N1CCN(c2ccnc3cnc4[nH]ccc4c23)CC1. The van der Waals surface area contributed by atoms with E-state index in [9.17, 15) is 18.0 Å². The molecule has 1 N–H and O–H groups in total. The number of nitrogens with one attached hydrogen (secondary N) is 1. The Kier molecular flexibility index (Phi) is 5.64. The van der Waals surface area contributed by atoms with Gasteiger partial charge in [0.2, 0.25) is 5.91 Å². The van der Waals surface area contributed by atoms with Gasteiger partial charge in [0.1, 0.15) is 5.65 Å². The number of likely N-dealkylation sites (tertiary alicyclic amines) is 1. The zero-order valence-electron chi connectivity index (χ0n) is 18.5. The van der Waals surface area contributed by atoms with Crippen LogP contribution in [-0.2, 0) is 4.79 Å². The highest BCUT2D eigenvalue weighted by Gasteiger charge is 2.51. The topological polar surface area (TPSA) is 68.4 Å². The predicted molar refractivity (Wildman–Crippen MR) is 120 cm³/mol. The fraction of sp³-hybridized carbons (Fsp3) is 0.522. The maximum absolute atomic E-state index is 13.9. The van der Waals surface area contributed by atoms with Crippen LogP contribution < -0.4 is 4.90 Å². The summed E-state index contributed by atoms with van der Waals surface area (Å²) in [4.78, 5) is 30.0. The second-order valence-corrected chi connectivity index (χ2v) is 8.76. The zero-order chi connectivity index (χ0) is 23.2. The summed E-state index contributed by atoms with van der Waals surface area (Å²) < 4.78 is 41.8. The van der Waals surface area contributed by atoms with Crippen LogP contribution in [0.5, 0.6) is 0 Å². The molecule has 2 aliphatic heterocycles. The van der Waals surface area contributed by atoms with Crippen molar-refractivity contribution in [3.8, 4) is 0 Å². The normalized spacial score (nSPS) is 22.9. The summed E-state index contributed by atoms with van der Waals surface area (Å²) in [5, 5.41) is 1.97. The van der Waals surface area contributed by atoms with Gasteiger partial charge in [-0.15, -0.1) is 0 Å². The first-order valence-electron chi connectivity index (χ1n) is 11.4. The van der Waals surface area contributed by atoms with E-state index in [4.69, 9.17) is 0 Å². The highest BCUT2D eigenvalue weighted by molar-refractivity contribution is 6.09. The number of hydrogen-bond acceptors (Lipinski definition) is 5. The Morgan fingerprint density at radius 1 is 1.15 bits per heavy atom. The van der Waals surface area contributed by atoms with Crippen molar-refractivity contribution in [2.24, 2.45) is 5.92 Å². The fourth-order valence-electron chi connectivity index (χ4n) is 5.37. The van der Waals surface area contributed by atoms with Crippen molar-refractivity contribution in [2.45, 2.75) is 38.5 Å². The lowest BCUT2D eigenvalue weighted by atomic mass is 9.91. The number of nitrogens with zero attached hydrogens (tertiary/aromatic N) is 5. The molecule has 2 fully saturated rings. The minimum atomic E-state index is -4.33. The maximum atomic E-state index is 13.9. The van der Waals surface area contributed by atoms with Gasteiger partial charge in [-0.3, -0.25) is 14.7 Å². The molecule has 2 saturated heterocycles. The lowest BCUT2D eigenvalue weighted by molar-refractivity contribution is -0.221. The van der Waals surface area contributed by atoms with Gasteiger partial charge in [0, 0.05) is 68.0 Å². The highest BCUT2D eigenvalue weighted by Crippen LogP contribution is 2.40. The van der Waals surface area contributed by atoms with Crippen LogP contribution in [0.1, 0.15) is 26.2 Å². The largest absolute Gasteiger partial charge is 0.395 e. The van der Waals surface area contributed by atoms with E-state index in [1.807, 2.05) is 23.2 Å². The van der Waals surface area contributed by atoms with Crippen molar-refractivity contribution in [2.75, 3.05) is 37.6 Å².